The number of hydrogen-bond acceptors (Lipinski definition) is 3. The van der Waals surface area contributed by atoms with Crippen LogP contribution >= 0.6 is 0 Å². The minimum absolute atomic E-state index is 0.274. The Bertz CT molecular complexity index is 851. The Morgan fingerprint density at radius 2 is 1.70 bits per heavy atom. The summed E-state index contributed by atoms with van der Waals surface area (Å²) >= 11 is 0. The van der Waals surface area contributed by atoms with Crippen LogP contribution in [-0.2, 0) is 21.5 Å². The van der Waals surface area contributed by atoms with Gasteiger partial charge in [-0.2, -0.15) is 0 Å². The largest absolute Gasteiger partial charge is 0.351 e. The fourth-order valence-corrected chi connectivity index (χ4v) is 3.20. The van der Waals surface area contributed by atoms with E-state index in [1.165, 1.54) is 6.08 Å². The van der Waals surface area contributed by atoms with E-state index in [4.69, 9.17) is 0 Å². The van der Waals surface area contributed by atoms with Crippen molar-refractivity contribution in [1.82, 2.24) is 15.5 Å². The Labute approximate surface area is 157 Å². The Balaban J connectivity index is 1.94. The molecule has 1 atom stereocenters. The molecule has 3 rings (SSSR count). The van der Waals surface area contributed by atoms with Gasteiger partial charge in [-0.05, 0) is 11.1 Å². The highest BCUT2D eigenvalue weighted by Crippen LogP contribution is 2.32. The molecule has 0 bridgehead atoms. The Morgan fingerprint density at radius 3 is 2.33 bits per heavy atom. The quantitative estimate of drug-likeness (QED) is 0.583. The van der Waals surface area contributed by atoms with Crippen LogP contribution in [-0.4, -0.2) is 35.8 Å². The van der Waals surface area contributed by atoms with E-state index in [1.54, 1.807) is 0 Å². The Morgan fingerprint density at radius 1 is 1.07 bits per heavy atom. The molecule has 1 heterocycles. The van der Waals surface area contributed by atoms with Crippen LogP contribution in [0.4, 0.5) is 4.79 Å². The fourth-order valence-electron chi connectivity index (χ4n) is 3.20. The van der Waals surface area contributed by atoms with Crippen molar-refractivity contribution in [2.75, 3.05) is 13.1 Å². The molecule has 0 saturated carbocycles. The Hall–Kier alpha value is -3.41. The molecule has 1 unspecified atom stereocenters. The molecule has 6 heteroatoms. The summed E-state index contributed by atoms with van der Waals surface area (Å²) in [6, 6.07) is 18.0. The zero-order valence-corrected chi connectivity index (χ0v) is 14.9. The van der Waals surface area contributed by atoms with E-state index in [9.17, 15) is 14.4 Å². The summed E-state index contributed by atoms with van der Waals surface area (Å²) in [7, 11) is 0. The average Bonchev–Trinajstić information content (AvgIpc) is 2.93. The molecule has 1 saturated heterocycles. The first-order chi connectivity index (χ1) is 13.1. The molecule has 1 aliphatic rings. The lowest BCUT2D eigenvalue weighted by atomic mass is 9.83. The van der Waals surface area contributed by atoms with Gasteiger partial charge in [0, 0.05) is 13.0 Å². The first-order valence-corrected chi connectivity index (χ1v) is 8.68. The van der Waals surface area contributed by atoms with Gasteiger partial charge in [-0.1, -0.05) is 66.7 Å². The number of carbonyl (C=O) groups excluding carboxylic acids is 3. The summed E-state index contributed by atoms with van der Waals surface area (Å²) in [5.41, 5.74) is 0.354. The minimum atomic E-state index is -1.24. The van der Waals surface area contributed by atoms with Gasteiger partial charge >= 0.3 is 6.03 Å². The second-order valence-corrected chi connectivity index (χ2v) is 6.35. The van der Waals surface area contributed by atoms with Gasteiger partial charge in [0.2, 0.25) is 5.91 Å². The van der Waals surface area contributed by atoms with E-state index in [0.717, 1.165) is 10.5 Å². The van der Waals surface area contributed by atoms with Crippen LogP contribution < -0.4 is 10.6 Å². The van der Waals surface area contributed by atoms with E-state index in [1.807, 2.05) is 60.7 Å². The molecule has 0 spiro atoms. The average molecular weight is 363 g/mol. The molecule has 1 aliphatic heterocycles. The van der Waals surface area contributed by atoms with Gasteiger partial charge < -0.3 is 10.6 Å². The first kappa shape index (κ1) is 18.4. The van der Waals surface area contributed by atoms with E-state index < -0.39 is 23.4 Å². The van der Waals surface area contributed by atoms with Crippen molar-refractivity contribution in [3.63, 3.8) is 0 Å². The van der Waals surface area contributed by atoms with Crippen LogP contribution in [0.25, 0.3) is 0 Å². The summed E-state index contributed by atoms with van der Waals surface area (Å²) in [4.78, 5) is 38.9. The number of imide groups is 1. The van der Waals surface area contributed by atoms with Gasteiger partial charge in [0.25, 0.3) is 5.91 Å². The van der Waals surface area contributed by atoms with Crippen molar-refractivity contribution in [2.45, 2.75) is 12.0 Å². The third kappa shape index (κ3) is 3.74. The summed E-state index contributed by atoms with van der Waals surface area (Å²) in [5.74, 6) is -0.849. The number of urea groups is 1. The van der Waals surface area contributed by atoms with Crippen LogP contribution in [0.2, 0.25) is 0 Å². The third-order valence-corrected chi connectivity index (χ3v) is 4.50. The van der Waals surface area contributed by atoms with Crippen LogP contribution in [0.3, 0.4) is 0 Å². The molecule has 6 nitrogen and oxygen atoms in total. The van der Waals surface area contributed by atoms with E-state index in [0.29, 0.717) is 12.0 Å². The highest BCUT2D eigenvalue weighted by atomic mass is 16.2. The molecule has 2 aromatic rings. The third-order valence-electron chi connectivity index (χ3n) is 4.50. The number of nitrogens with zero attached hydrogens (tertiary/aromatic N) is 1. The predicted molar refractivity (Wildman–Crippen MR) is 102 cm³/mol. The van der Waals surface area contributed by atoms with Crippen molar-refractivity contribution in [3.05, 3.63) is 84.4 Å². The normalized spacial score (nSPS) is 18.9. The van der Waals surface area contributed by atoms with Crippen molar-refractivity contribution in [3.8, 4) is 0 Å². The van der Waals surface area contributed by atoms with E-state index in [-0.39, 0.29) is 13.1 Å². The van der Waals surface area contributed by atoms with Crippen molar-refractivity contribution >= 4 is 17.8 Å². The van der Waals surface area contributed by atoms with Crippen LogP contribution in [0.15, 0.2) is 73.3 Å². The lowest BCUT2D eigenvalue weighted by Gasteiger charge is -2.27. The zero-order valence-electron chi connectivity index (χ0n) is 14.9. The monoisotopic (exact) mass is 363 g/mol. The number of benzene rings is 2. The molecule has 2 N–H and O–H groups in total. The van der Waals surface area contributed by atoms with E-state index in [2.05, 4.69) is 17.2 Å². The van der Waals surface area contributed by atoms with E-state index >= 15 is 0 Å². The highest BCUT2D eigenvalue weighted by molar-refractivity contribution is 6.09. The smallest absolute Gasteiger partial charge is 0.325 e. The highest BCUT2D eigenvalue weighted by Gasteiger charge is 2.52. The topological polar surface area (TPSA) is 78.5 Å². The molecular weight excluding hydrogens is 342 g/mol. The van der Waals surface area contributed by atoms with Gasteiger partial charge in [0.15, 0.2) is 5.54 Å². The number of hydrogen-bond donors (Lipinski definition) is 2. The molecule has 4 amide bonds. The summed E-state index contributed by atoms with van der Waals surface area (Å²) in [6.45, 7) is 3.47. The second kappa shape index (κ2) is 7.86. The molecule has 0 aromatic heterocycles. The molecule has 0 radical (unpaired) electrons. The molecule has 2 aromatic carbocycles. The standard InChI is InChI=1S/C21H21N3O3/c1-2-13-22-18(25)15-24-19(26)21(23-20(24)27,17-11-7-4-8-12-17)14-16-9-5-3-6-10-16/h2-12H,1,13-15H2,(H,22,25)(H,23,27). The number of rotatable bonds is 7. The van der Waals surface area contributed by atoms with Crippen LogP contribution in [0.5, 0.6) is 0 Å². The van der Waals surface area contributed by atoms with Gasteiger partial charge in [-0.15, -0.1) is 6.58 Å². The number of nitrogens with one attached hydrogen (secondary N) is 2. The SMILES string of the molecule is C=CCNC(=O)CN1C(=O)NC(Cc2ccccc2)(c2ccccc2)C1=O. The lowest BCUT2D eigenvalue weighted by molar-refractivity contribution is -0.135. The van der Waals surface area contributed by atoms with Gasteiger partial charge in [0.1, 0.15) is 6.54 Å². The Kier molecular flexibility index (Phi) is 5.35. The first-order valence-electron chi connectivity index (χ1n) is 8.68. The van der Waals surface area contributed by atoms with Crippen molar-refractivity contribution in [2.24, 2.45) is 0 Å². The number of carbonyl (C=O) groups is 3. The molecule has 1 fully saturated rings. The lowest BCUT2D eigenvalue weighted by Crippen LogP contribution is -2.47. The minimum Gasteiger partial charge on any atom is -0.351 e. The maximum absolute atomic E-state index is 13.3. The van der Waals surface area contributed by atoms with Gasteiger partial charge in [0.05, 0.1) is 0 Å². The summed E-state index contributed by atoms with van der Waals surface area (Å²) < 4.78 is 0. The number of amides is 4. The summed E-state index contributed by atoms with van der Waals surface area (Å²) in [5, 5.41) is 5.42. The zero-order chi connectivity index (χ0) is 19.3. The van der Waals surface area contributed by atoms with Gasteiger partial charge in [-0.3, -0.25) is 14.5 Å². The second-order valence-electron chi connectivity index (χ2n) is 6.35. The van der Waals surface area contributed by atoms with Crippen molar-refractivity contribution < 1.29 is 14.4 Å². The van der Waals surface area contributed by atoms with Gasteiger partial charge in [-0.25, -0.2) is 4.79 Å². The fraction of sp³-hybridized carbons (Fsp3) is 0.190. The molecule has 27 heavy (non-hydrogen) atoms. The van der Waals surface area contributed by atoms with Crippen LogP contribution in [0, 0.1) is 0 Å². The maximum Gasteiger partial charge on any atom is 0.325 e. The van der Waals surface area contributed by atoms with Crippen LogP contribution in [0.1, 0.15) is 11.1 Å². The summed E-state index contributed by atoms with van der Waals surface area (Å²) in [6.07, 6.45) is 1.83. The maximum atomic E-state index is 13.3. The molecular formula is C21H21N3O3. The van der Waals surface area contributed by atoms with Crippen molar-refractivity contribution in [1.29, 1.82) is 0 Å². The predicted octanol–water partition coefficient (Wildman–Crippen LogP) is 1.98. The molecule has 0 aliphatic carbocycles. The molecule has 138 valence electrons.